The van der Waals surface area contributed by atoms with Crippen molar-refractivity contribution in [3.8, 4) is 0 Å². The summed E-state index contributed by atoms with van der Waals surface area (Å²) in [7, 11) is 1.82. The van der Waals surface area contributed by atoms with E-state index in [4.69, 9.17) is 0 Å². The van der Waals surface area contributed by atoms with E-state index in [9.17, 15) is 4.79 Å². The summed E-state index contributed by atoms with van der Waals surface area (Å²) in [6.07, 6.45) is 4.59. The van der Waals surface area contributed by atoms with Gasteiger partial charge in [0.05, 0.1) is 0 Å². The number of nitrogens with one attached hydrogen (secondary N) is 1. The fourth-order valence-electron chi connectivity index (χ4n) is 2.82. The van der Waals surface area contributed by atoms with Crippen LogP contribution in [0.3, 0.4) is 0 Å². The third kappa shape index (κ3) is 6.99. The van der Waals surface area contributed by atoms with Crippen LogP contribution >= 0.6 is 0 Å². The molecular weight excluding hydrogens is 288 g/mol. The minimum atomic E-state index is -0.0253. The van der Waals surface area contributed by atoms with Gasteiger partial charge < -0.3 is 10.2 Å². The number of hydrogen-bond donors (Lipinski definition) is 1. The van der Waals surface area contributed by atoms with E-state index in [0.717, 1.165) is 25.1 Å². The van der Waals surface area contributed by atoms with Gasteiger partial charge in [-0.05, 0) is 43.1 Å². The van der Waals surface area contributed by atoms with E-state index >= 15 is 0 Å². The lowest BCUT2D eigenvalue weighted by Crippen LogP contribution is -2.47. The summed E-state index contributed by atoms with van der Waals surface area (Å²) in [6.45, 7) is 12.1. The number of aromatic nitrogens is 1. The number of likely N-dealkylation sites (N-methyl/N-ethyl adjacent to an activating group) is 1. The molecular formula is C18H32N4O. The Bertz CT molecular complexity index is 446. The number of carbonyl (C=O) groups excluding carboxylic acids is 1. The highest BCUT2D eigenvalue weighted by Crippen LogP contribution is 2.11. The molecule has 23 heavy (non-hydrogen) atoms. The number of rotatable bonds is 9. The average Bonchev–Trinajstić information content (AvgIpc) is 2.53. The molecule has 1 unspecified atom stereocenters. The van der Waals surface area contributed by atoms with Gasteiger partial charge in [-0.2, -0.15) is 0 Å². The van der Waals surface area contributed by atoms with Crippen LogP contribution in [-0.4, -0.2) is 53.5 Å². The standard InChI is InChI=1S/C18H32N4O/c1-6-22(7-2)17(12-15(3)4)13-20-18(23)21(5)14-16-8-10-19-11-9-16/h8-11,15,17H,6-7,12-14H2,1-5H3,(H,20,23). The van der Waals surface area contributed by atoms with Gasteiger partial charge >= 0.3 is 6.03 Å². The normalized spacial score (nSPS) is 12.5. The predicted molar refractivity (Wildman–Crippen MR) is 95.3 cm³/mol. The third-order valence-corrected chi connectivity index (χ3v) is 4.08. The zero-order valence-corrected chi connectivity index (χ0v) is 15.2. The van der Waals surface area contributed by atoms with Gasteiger partial charge in [-0.1, -0.05) is 27.7 Å². The highest BCUT2D eigenvalue weighted by molar-refractivity contribution is 5.73. The van der Waals surface area contributed by atoms with E-state index in [2.05, 4.69) is 42.9 Å². The first-order valence-electron chi connectivity index (χ1n) is 8.59. The first-order chi connectivity index (χ1) is 11.0. The third-order valence-electron chi connectivity index (χ3n) is 4.08. The fourth-order valence-corrected chi connectivity index (χ4v) is 2.82. The molecule has 0 spiro atoms. The molecule has 0 aliphatic heterocycles. The molecule has 0 fully saturated rings. The van der Waals surface area contributed by atoms with Gasteiger partial charge in [0, 0.05) is 38.6 Å². The fraction of sp³-hybridized carbons (Fsp3) is 0.667. The second-order valence-electron chi connectivity index (χ2n) is 6.40. The monoisotopic (exact) mass is 320 g/mol. The van der Waals surface area contributed by atoms with E-state index in [-0.39, 0.29) is 6.03 Å². The topological polar surface area (TPSA) is 48.5 Å². The Morgan fingerprint density at radius 1 is 1.22 bits per heavy atom. The van der Waals surface area contributed by atoms with E-state index in [1.165, 1.54) is 0 Å². The van der Waals surface area contributed by atoms with Crippen LogP contribution in [0.15, 0.2) is 24.5 Å². The van der Waals surface area contributed by atoms with Crippen LogP contribution in [0.1, 0.15) is 39.7 Å². The summed E-state index contributed by atoms with van der Waals surface area (Å²) in [5, 5.41) is 3.09. The van der Waals surface area contributed by atoms with Crippen LogP contribution in [-0.2, 0) is 6.54 Å². The molecule has 0 aliphatic carbocycles. The molecule has 2 amide bonds. The first kappa shape index (κ1) is 19.4. The lowest BCUT2D eigenvalue weighted by Gasteiger charge is -2.31. The molecule has 1 N–H and O–H groups in total. The number of hydrogen-bond acceptors (Lipinski definition) is 3. The van der Waals surface area contributed by atoms with Crippen molar-refractivity contribution in [2.45, 2.75) is 46.7 Å². The Hall–Kier alpha value is -1.62. The SMILES string of the molecule is CCN(CC)C(CNC(=O)N(C)Cc1ccncc1)CC(C)C. The van der Waals surface area contributed by atoms with Crippen molar-refractivity contribution in [2.24, 2.45) is 5.92 Å². The summed E-state index contributed by atoms with van der Waals surface area (Å²) >= 11 is 0. The Morgan fingerprint density at radius 3 is 2.35 bits per heavy atom. The van der Waals surface area contributed by atoms with Gasteiger partial charge in [0.25, 0.3) is 0 Å². The number of urea groups is 1. The van der Waals surface area contributed by atoms with Crippen LogP contribution in [0.5, 0.6) is 0 Å². The van der Waals surface area contributed by atoms with Crippen LogP contribution in [0.2, 0.25) is 0 Å². The molecule has 5 nitrogen and oxygen atoms in total. The number of carbonyl (C=O) groups is 1. The number of nitrogens with zero attached hydrogens (tertiary/aromatic N) is 3. The second kappa shape index (κ2) is 10.2. The first-order valence-corrected chi connectivity index (χ1v) is 8.59. The Kier molecular flexibility index (Phi) is 8.62. The molecule has 1 rings (SSSR count). The summed E-state index contributed by atoms with van der Waals surface area (Å²) in [4.78, 5) is 20.4. The molecule has 5 heteroatoms. The molecule has 0 radical (unpaired) electrons. The molecule has 0 aliphatic rings. The smallest absolute Gasteiger partial charge is 0.317 e. The van der Waals surface area contributed by atoms with Crippen molar-refractivity contribution in [3.05, 3.63) is 30.1 Å². The minimum Gasteiger partial charge on any atom is -0.336 e. The van der Waals surface area contributed by atoms with Crippen LogP contribution in [0.25, 0.3) is 0 Å². The summed E-state index contributed by atoms with van der Waals surface area (Å²) in [5.41, 5.74) is 1.08. The molecule has 1 aromatic heterocycles. The zero-order valence-electron chi connectivity index (χ0n) is 15.2. The van der Waals surface area contributed by atoms with E-state index < -0.39 is 0 Å². The van der Waals surface area contributed by atoms with E-state index in [0.29, 0.717) is 25.0 Å². The van der Waals surface area contributed by atoms with Crippen molar-refractivity contribution >= 4 is 6.03 Å². The highest BCUT2D eigenvalue weighted by atomic mass is 16.2. The molecule has 0 aromatic carbocycles. The number of pyridine rings is 1. The molecule has 0 saturated carbocycles. The van der Waals surface area contributed by atoms with Gasteiger partial charge in [-0.15, -0.1) is 0 Å². The van der Waals surface area contributed by atoms with Gasteiger partial charge in [-0.25, -0.2) is 4.79 Å². The van der Waals surface area contributed by atoms with E-state index in [1.807, 2.05) is 19.2 Å². The Balaban J connectivity index is 2.53. The zero-order chi connectivity index (χ0) is 17.2. The highest BCUT2D eigenvalue weighted by Gasteiger charge is 2.19. The molecule has 0 saturated heterocycles. The molecule has 1 aromatic rings. The maximum Gasteiger partial charge on any atom is 0.317 e. The second-order valence-corrected chi connectivity index (χ2v) is 6.40. The summed E-state index contributed by atoms with van der Waals surface area (Å²) in [6, 6.07) is 4.23. The van der Waals surface area contributed by atoms with Crippen molar-refractivity contribution in [1.82, 2.24) is 20.1 Å². The van der Waals surface area contributed by atoms with Crippen LogP contribution in [0, 0.1) is 5.92 Å². The minimum absolute atomic E-state index is 0.0253. The molecule has 1 atom stereocenters. The van der Waals surface area contributed by atoms with E-state index in [1.54, 1.807) is 17.3 Å². The lowest BCUT2D eigenvalue weighted by molar-refractivity contribution is 0.174. The van der Waals surface area contributed by atoms with Crippen LogP contribution < -0.4 is 5.32 Å². The van der Waals surface area contributed by atoms with Crippen molar-refractivity contribution < 1.29 is 4.79 Å². The van der Waals surface area contributed by atoms with Crippen molar-refractivity contribution in [1.29, 1.82) is 0 Å². The van der Waals surface area contributed by atoms with Gasteiger partial charge in [0.1, 0.15) is 0 Å². The molecule has 0 bridgehead atoms. The summed E-state index contributed by atoms with van der Waals surface area (Å²) < 4.78 is 0. The predicted octanol–water partition coefficient (Wildman–Crippen LogP) is 2.98. The Morgan fingerprint density at radius 2 is 1.83 bits per heavy atom. The summed E-state index contributed by atoms with van der Waals surface area (Å²) in [5.74, 6) is 0.618. The molecule has 130 valence electrons. The van der Waals surface area contributed by atoms with Crippen molar-refractivity contribution in [3.63, 3.8) is 0 Å². The maximum absolute atomic E-state index is 12.3. The maximum atomic E-state index is 12.3. The number of amides is 2. The van der Waals surface area contributed by atoms with Gasteiger partial charge in [0.15, 0.2) is 0 Å². The quantitative estimate of drug-likeness (QED) is 0.761. The van der Waals surface area contributed by atoms with Crippen molar-refractivity contribution in [2.75, 3.05) is 26.7 Å². The van der Waals surface area contributed by atoms with Crippen LogP contribution in [0.4, 0.5) is 4.79 Å². The molecule has 1 heterocycles. The van der Waals surface area contributed by atoms with Gasteiger partial charge in [0.2, 0.25) is 0 Å². The van der Waals surface area contributed by atoms with Gasteiger partial charge in [-0.3, -0.25) is 9.88 Å². The lowest BCUT2D eigenvalue weighted by atomic mass is 10.0. The largest absolute Gasteiger partial charge is 0.336 e. The Labute approximate surface area is 141 Å². The average molecular weight is 320 g/mol.